The number of H-pyrrole nitrogens is 1. The number of hydrogen-bond donors (Lipinski definition) is 1. The molecule has 0 atom stereocenters. The monoisotopic (exact) mass is 185 g/mol. The molecule has 0 radical (unpaired) electrons. The number of benzene rings is 1. The molecule has 0 bridgehead atoms. The van der Waals surface area contributed by atoms with Gasteiger partial charge in [0.2, 0.25) is 0 Å². The van der Waals surface area contributed by atoms with E-state index < -0.39 is 0 Å². The van der Waals surface area contributed by atoms with E-state index in [4.69, 9.17) is 0 Å². The van der Waals surface area contributed by atoms with Crippen molar-refractivity contribution in [3.05, 3.63) is 42.1 Å². The SMILES string of the molecule is CC(C)/C=C/c1cc2ccccc2[nH]1. The molecule has 1 heteroatoms. The van der Waals surface area contributed by atoms with Crippen molar-refractivity contribution < 1.29 is 0 Å². The zero-order valence-corrected chi connectivity index (χ0v) is 8.62. The summed E-state index contributed by atoms with van der Waals surface area (Å²) in [5.74, 6) is 0.599. The van der Waals surface area contributed by atoms with Gasteiger partial charge in [-0.05, 0) is 29.5 Å². The summed E-state index contributed by atoms with van der Waals surface area (Å²) in [5, 5.41) is 1.27. The number of aromatic nitrogens is 1. The van der Waals surface area contributed by atoms with Gasteiger partial charge in [-0.2, -0.15) is 0 Å². The number of nitrogens with one attached hydrogen (secondary N) is 1. The Labute approximate surface area is 84.5 Å². The number of hydrogen-bond acceptors (Lipinski definition) is 0. The van der Waals surface area contributed by atoms with Gasteiger partial charge in [-0.3, -0.25) is 0 Å². The van der Waals surface area contributed by atoms with E-state index in [-0.39, 0.29) is 0 Å². The van der Waals surface area contributed by atoms with Crippen LogP contribution in [0.5, 0.6) is 0 Å². The number of aromatic amines is 1. The molecule has 1 nitrogen and oxygen atoms in total. The third-order valence-corrected chi connectivity index (χ3v) is 2.21. The van der Waals surface area contributed by atoms with Crippen LogP contribution in [0.1, 0.15) is 19.5 Å². The highest BCUT2D eigenvalue weighted by atomic mass is 14.7. The van der Waals surface area contributed by atoms with Crippen LogP contribution in [-0.4, -0.2) is 4.98 Å². The number of fused-ring (bicyclic) bond motifs is 1. The lowest BCUT2D eigenvalue weighted by molar-refractivity contribution is 0.836. The molecule has 2 aromatic rings. The van der Waals surface area contributed by atoms with E-state index in [1.165, 1.54) is 16.6 Å². The average Bonchev–Trinajstić information content (AvgIpc) is 2.57. The summed E-state index contributed by atoms with van der Waals surface area (Å²) in [6.45, 7) is 4.36. The Morgan fingerprint density at radius 2 is 2.00 bits per heavy atom. The molecule has 0 fully saturated rings. The van der Waals surface area contributed by atoms with E-state index in [1.54, 1.807) is 0 Å². The van der Waals surface area contributed by atoms with Crippen molar-refractivity contribution in [2.45, 2.75) is 13.8 Å². The second-order valence-electron chi connectivity index (χ2n) is 3.92. The first-order valence-electron chi connectivity index (χ1n) is 5.01. The van der Waals surface area contributed by atoms with Gasteiger partial charge in [0, 0.05) is 11.2 Å². The lowest BCUT2D eigenvalue weighted by Crippen LogP contribution is -1.77. The van der Waals surface area contributed by atoms with E-state index in [0.29, 0.717) is 5.92 Å². The molecule has 0 amide bonds. The Morgan fingerprint density at radius 3 is 2.71 bits per heavy atom. The molecule has 14 heavy (non-hydrogen) atoms. The molecule has 72 valence electrons. The fourth-order valence-corrected chi connectivity index (χ4v) is 1.48. The van der Waals surface area contributed by atoms with Crippen molar-refractivity contribution in [3.8, 4) is 0 Å². The summed E-state index contributed by atoms with van der Waals surface area (Å²) in [4.78, 5) is 3.36. The number of allylic oxidation sites excluding steroid dienone is 1. The van der Waals surface area contributed by atoms with Crippen LogP contribution in [0.4, 0.5) is 0 Å². The fourth-order valence-electron chi connectivity index (χ4n) is 1.48. The van der Waals surface area contributed by atoms with Gasteiger partial charge in [-0.25, -0.2) is 0 Å². The molecule has 1 heterocycles. The normalized spacial score (nSPS) is 11.9. The van der Waals surface area contributed by atoms with Crippen LogP contribution in [0.25, 0.3) is 17.0 Å². The molecule has 2 rings (SSSR count). The van der Waals surface area contributed by atoms with Crippen molar-refractivity contribution in [1.29, 1.82) is 0 Å². The van der Waals surface area contributed by atoms with Crippen LogP contribution in [0.3, 0.4) is 0 Å². The summed E-state index contributed by atoms with van der Waals surface area (Å²) in [6.07, 6.45) is 4.34. The number of para-hydroxylation sites is 1. The number of rotatable bonds is 2. The Hall–Kier alpha value is -1.50. The van der Waals surface area contributed by atoms with E-state index in [1.807, 2.05) is 0 Å². The van der Waals surface area contributed by atoms with Crippen LogP contribution in [0, 0.1) is 5.92 Å². The molecule has 0 saturated heterocycles. The summed E-state index contributed by atoms with van der Waals surface area (Å²) in [7, 11) is 0. The summed E-state index contributed by atoms with van der Waals surface area (Å²) in [5.41, 5.74) is 2.39. The molecule has 1 aromatic carbocycles. The summed E-state index contributed by atoms with van der Waals surface area (Å²) >= 11 is 0. The van der Waals surface area contributed by atoms with Crippen LogP contribution in [0.2, 0.25) is 0 Å². The first-order valence-corrected chi connectivity index (χ1v) is 5.01. The lowest BCUT2D eigenvalue weighted by atomic mass is 10.2. The molecule has 0 spiro atoms. The smallest absolute Gasteiger partial charge is 0.0458 e. The van der Waals surface area contributed by atoms with Gasteiger partial charge in [0.25, 0.3) is 0 Å². The summed E-state index contributed by atoms with van der Waals surface area (Å²) in [6, 6.07) is 10.5. The van der Waals surface area contributed by atoms with Gasteiger partial charge in [-0.1, -0.05) is 38.1 Å². The minimum absolute atomic E-state index is 0.599. The minimum Gasteiger partial charge on any atom is -0.355 e. The van der Waals surface area contributed by atoms with Crippen LogP contribution in [-0.2, 0) is 0 Å². The molecule has 0 aliphatic carbocycles. The second-order valence-corrected chi connectivity index (χ2v) is 3.92. The van der Waals surface area contributed by atoms with E-state index in [2.05, 4.69) is 61.3 Å². The molecule has 0 aliphatic rings. The Morgan fingerprint density at radius 1 is 1.21 bits per heavy atom. The molecule has 0 unspecified atom stereocenters. The van der Waals surface area contributed by atoms with Crippen LogP contribution < -0.4 is 0 Å². The summed E-state index contributed by atoms with van der Waals surface area (Å²) < 4.78 is 0. The molecular formula is C13H15N. The maximum Gasteiger partial charge on any atom is 0.0458 e. The van der Waals surface area contributed by atoms with Gasteiger partial charge in [0.1, 0.15) is 0 Å². The van der Waals surface area contributed by atoms with Crippen molar-refractivity contribution in [2.24, 2.45) is 5.92 Å². The van der Waals surface area contributed by atoms with Gasteiger partial charge >= 0.3 is 0 Å². The van der Waals surface area contributed by atoms with Crippen LogP contribution in [0.15, 0.2) is 36.4 Å². The average molecular weight is 185 g/mol. The minimum atomic E-state index is 0.599. The topological polar surface area (TPSA) is 15.8 Å². The Balaban J connectivity index is 2.36. The zero-order valence-electron chi connectivity index (χ0n) is 8.62. The molecule has 0 saturated carbocycles. The van der Waals surface area contributed by atoms with Crippen molar-refractivity contribution in [1.82, 2.24) is 4.98 Å². The standard InChI is InChI=1S/C13H15N/c1-10(2)7-8-12-9-11-5-3-4-6-13(11)14-12/h3-10,14H,1-2H3/b8-7+. The fraction of sp³-hybridized carbons (Fsp3) is 0.231. The maximum atomic E-state index is 3.36. The highest BCUT2D eigenvalue weighted by Crippen LogP contribution is 2.15. The highest BCUT2D eigenvalue weighted by Gasteiger charge is 1.95. The predicted octanol–water partition coefficient (Wildman–Crippen LogP) is 3.84. The van der Waals surface area contributed by atoms with Crippen LogP contribution >= 0.6 is 0 Å². The van der Waals surface area contributed by atoms with Gasteiger partial charge in [-0.15, -0.1) is 0 Å². The third kappa shape index (κ3) is 1.87. The van der Waals surface area contributed by atoms with Crippen molar-refractivity contribution in [3.63, 3.8) is 0 Å². The quantitative estimate of drug-likeness (QED) is 0.731. The predicted molar refractivity (Wildman–Crippen MR) is 62.2 cm³/mol. The first-order chi connectivity index (χ1) is 6.75. The van der Waals surface area contributed by atoms with Gasteiger partial charge in [0.15, 0.2) is 0 Å². The largest absolute Gasteiger partial charge is 0.355 e. The van der Waals surface area contributed by atoms with E-state index in [9.17, 15) is 0 Å². The van der Waals surface area contributed by atoms with Gasteiger partial charge < -0.3 is 4.98 Å². The van der Waals surface area contributed by atoms with Gasteiger partial charge in [0.05, 0.1) is 0 Å². The molecule has 0 aliphatic heterocycles. The molecule has 1 N–H and O–H groups in total. The molecular weight excluding hydrogens is 170 g/mol. The Bertz CT molecular complexity index is 416. The highest BCUT2D eigenvalue weighted by molar-refractivity contribution is 5.82. The first kappa shape index (κ1) is 9.07. The zero-order chi connectivity index (χ0) is 9.97. The van der Waals surface area contributed by atoms with E-state index in [0.717, 1.165) is 0 Å². The van der Waals surface area contributed by atoms with E-state index >= 15 is 0 Å². The van der Waals surface area contributed by atoms with Crippen molar-refractivity contribution >= 4 is 17.0 Å². The third-order valence-electron chi connectivity index (χ3n) is 2.21. The lowest BCUT2D eigenvalue weighted by Gasteiger charge is -1.91. The van der Waals surface area contributed by atoms with Crippen molar-refractivity contribution in [2.75, 3.05) is 0 Å². The maximum absolute atomic E-state index is 3.36. The Kier molecular flexibility index (Phi) is 2.40. The second kappa shape index (κ2) is 3.70. The molecule has 1 aromatic heterocycles.